The molecule has 0 aliphatic heterocycles. The Hall–Kier alpha value is -1.36. The lowest BCUT2D eigenvalue weighted by Crippen LogP contribution is -2.50. The van der Waals surface area contributed by atoms with Crippen LogP contribution < -0.4 is 5.32 Å². The number of rotatable bonds is 8. The average molecular weight is 267 g/mol. The van der Waals surface area contributed by atoms with E-state index < -0.39 is 5.54 Å². The van der Waals surface area contributed by atoms with E-state index in [9.17, 15) is 4.79 Å². The van der Waals surface area contributed by atoms with Crippen LogP contribution in [-0.4, -0.2) is 34.9 Å². The molecule has 1 N–H and O–H groups in total. The molecule has 0 amide bonds. The first-order valence-electron chi connectivity index (χ1n) is 6.85. The number of aryl methyl sites for hydroxylation is 2. The fourth-order valence-corrected chi connectivity index (χ4v) is 2.07. The van der Waals surface area contributed by atoms with Gasteiger partial charge < -0.3 is 10.1 Å². The zero-order valence-corrected chi connectivity index (χ0v) is 12.4. The third kappa shape index (κ3) is 4.67. The summed E-state index contributed by atoms with van der Waals surface area (Å²) in [5.41, 5.74) is 0.410. The Morgan fingerprint density at radius 2 is 2.32 bits per heavy atom. The summed E-state index contributed by atoms with van der Waals surface area (Å²) in [6.45, 7) is 7.58. The van der Waals surface area contributed by atoms with E-state index in [2.05, 4.69) is 17.3 Å². The van der Waals surface area contributed by atoms with Gasteiger partial charge >= 0.3 is 5.97 Å². The van der Waals surface area contributed by atoms with Gasteiger partial charge in [0.1, 0.15) is 5.54 Å². The lowest BCUT2D eigenvalue weighted by molar-refractivity contribution is -0.148. The van der Waals surface area contributed by atoms with E-state index in [0.29, 0.717) is 0 Å². The first-order valence-corrected chi connectivity index (χ1v) is 6.85. The molecule has 0 aliphatic rings. The van der Waals surface area contributed by atoms with Crippen molar-refractivity contribution >= 4 is 5.97 Å². The van der Waals surface area contributed by atoms with E-state index in [1.807, 2.05) is 30.8 Å². The predicted molar refractivity (Wildman–Crippen MR) is 74.9 cm³/mol. The molecule has 0 spiro atoms. The lowest BCUT2D eigenvalue weighted by atomic mass is 9.95. The van der Waals surface area contributed by atoms with Crippen molar-refractivity contribution in [2.24, 2.45) is 0 Å². The van der Waals surface area contributed by atoms with Crippen molar-refractivity contribution in [2.75, 3.05) is 13.7 Å². The van der Waals surface area contributed by atoms with Crippen LogP contribution >= 0.6 is 0 Å². The lowest BCUT2D eigenvalue weighted by Gasteiger charge is -2.28. The molecule has 19 heavy (non-hydrogen) atoms. The molecule has 5 nitrogen and oxygen atoms in total. The van der Waals surface area contributed by atoms with Gasteiger partial charge in [0.15, 0.2) is 0 Å². The Morgan fingerprint density at radius 3 is 2.84 bits per heavy atom. The van der Waals surface area contributed by atoms with Gasteiger partial charge in [-0.15, -0.1) is 0 Å². The van der Waals surface area contributed by atoms with Crippen LogP contribution in [-0.2, 0) is 16.1 Å². The number of nitrogens with one attached hydrogen (secondary N) is 1. The molecule has 1 aromatic heterocycles. The number of esters is 1. The maximum atomic E-state index is 11.9. The van der Waals surface area contributed by atoms with E-state index in [1.165, 1.54) is 7.11 Å². The third-order valence-electron chi connectivity index (χ3n) is 3.24. The molecule has 1 atom stereocenters. The Kier molecular flexibility index (Phi) is 6.02. The molecule has 0 bridgehead atoms. The minimum Gasteiger partial charge on any atom is -0.468 e. The monoisotopic (exact) mass is 267 g/mol. The van der Waals surface area contributed by atoms with Crippen molar-refractivity contribution in [2.45, 2.75) is 52.1 Å². The van der Waals surface area contributed by atoms with E-state index in [0.717, 1.165) is 38.0 Å². The molecule has 5 heteroatoms. The largest absolute Gasteiger partial charge is 0.468 e. The van der Waals surface area contributed by atoms with Crippen LogP contribution in [0, 0.1) is 6.92 Å². The number of ether oxygens (including phenoxy) is 1. The summed E-state index contributed by atoms with van der Waals surface area (Å²) in [5, 5.41) is 7.62. The van der Waals surface area contributed by atoms with Crippen LogP contribution in [0.15, 0.2) is 12.3 Å². The number of aromatic nitrogens is 2. The quantitative estimate of drug-likeness (QED) is 0.731. The van der Waals surface area contributed by atoms with Gasteiger partial charge in [0, 0.05) is 12.7 Å². The van der Waals surface area contributed by atoms with Gasteiger partial charge in [-0.3, -0.25) is 9.48 Å². The van der Waals surface area contributed by atoms with Gasteiger partial charge in [0.2, 0.25) is 0 Å². The maximum absolute atomic E-state index is 11.9. The van der Waals surface area contributed by atoms with Gasteiger partial charge in [-0.25, -0.2) is 0 Å². The zero-order chi connectivity index (χ0) is 14.3. The molecule has 0 radical (unpaired) electrons. The Labute approximate surface area is 115 Å². The normalized spacial score (nSPS) is 14.1. The van der Waals surface area contributed by atoms with E-state index >= 15 is 0 Å². The first-order chi connectivity index (χ1) is 9.01. The van der Waals surface area contributed by atoms with E-state index in [-0.39, 0.29) is 5.97 Å². The average Bonchev–Trinajstić information content (AvgIpc) is 2.81. The minimum absolute atomic E-state index is 0.197. The van der Waals surface area contributed by atoms with E-state index in [4.69, 9.17) is 4.74 Å². The summed E-state index contributed by atoms with van der Waals surface area (Å²) in [5.74, 6) is -0.197. The zero-order valence-electron chi connectivity index (χ0n) is 12.4. The molecule has 1 rings (SSSR count). The second-order valence-corrected chi connectivity index (χ2v) is 5.07. The number of hydrogen-bond donors (Lipinski definition) is 1. The Morgan fingerprint density at radius 1 is 1.58 bits per heavy atom. The van der Waals surface area contributed by atoms with Crippen molar-refractivity contribution < 1.29 is 9.53 Å². The molecule has 0 aliphatic carbocycles. The van der Waals surface area contributed by atoms with Crippen LogP contribution in [0.2, 0.25) is 0 Å². The van der Waals surface area contributed by atoms with Crippen molar-refractivity contribution in [3.05, 3.63) is 18.0 Å². The topological polar surface area (TPSA) is 56.2 Å². The summed E-state index contributed by atoms with van der Waals surface area (Å²) in [4.78, 5) is 11.9. The smallest absolute Gasteiger partial charge is 0.325 e. The number of methoxy groups -OCH3 is 1. The van der Waals surface area contributed by atoms with Crippen molar-refractivity contribution in [3.63, 3.8) is 0 Å². The molecule has 0 fully saturated rings. The number of hydrogen-bond acceptors (Lipinski definition) is 4. The summed E-state index contributed by atoms with van der Waals surface area (Å²) in [6.07, 6.45) is 4.57. The number of nitrogens with zero attached hydrogens (tertiary/aromatic N) is 2. The maximum Gasteiger partial charge on any atom is 0.325 e. The summed E-state index contributed by atoms with van der Waals surface area (Å²) >= 11 is 0. The standard InChI is InChI=1S/C14H25N3O2/c1-5-9-15-14(3,13(18)19-4)8-6-10-17-11-7-12(2)16-17/h7,11,15H,5-6,8-10H2,1-4H3. The molecular formula is C14H25N3O2. The number of carbonyl (C=O) groups excluding carboxylic acids is 1. The predicted octanol–water partition coefficient (Wildman–Crippen LogP) is 1.90. The van der Waals surface area contributed by atoms with Gasteiger partial charge in [0.25, 0.3) is 0 Å². The third-order valence-corrected chi connectivity index (χ3v) is 3.24. The molecule has 0 saturated heterocycles. The highest BCUT2D eigenvalue weighted by Gasteiger charge is 2.32. The molecule has 0 aromatic carbocycles. The number of carbonyl (C=O) groups is 1. The first kappa shape index (κ1) is 15.7. The highest BCUT2D eigenvalue weighted by atomic mass is 16.5. The minimum atomic E-state index is -0.604. The highest BCUT2D eigenvalue weighted by Crippen LogP contribution is 2.15. The summed E-state index contributed by atoms with van der Waals surface area (Å²) < 4.78 is 6.81. The second-order valence-electron chi connectivity index (χ2n) is 5.07. The molecule has 1 heterocycles. The van der Waals surface area contributed by atoms with Crippen LogP contribution in [0.3, 0.4) is 0 Å². The molecular weight excluding hydrogens is 242 g/mol. The Balaban J connectivity index is 2.50. The van der Waals surface area contributed by atoms with Gasteiger partial charge in [-0.2, -0.15) is 5.10 Å². The van der Waals surface area contributed by atoms with Gasteiger partial charge in [0.05, 0.1) is 12.8 Å². The SMILES string of the molecule is CCCNC(C)(CCCn1ccc(C)n1)C(=O)OC. The molecule has 1 aromatic rings. The van der Waals surface area contributed by atoms with Crippen LogP contribution in [0.25, 0.3) is 0 Å². The van der Waals surface area contributed by atoms with Crippen LogP contribution in [0.1, 0.15) is 38.8 Å². The van der Waals surface area contributed by atoms with E-state index in [1.54, 1.807) is 0 Å². The fraction of sp³-hybridized carbons (Fsp3) is 0.714. The highest BCUT2D eigenvalue weighted by molar-refractivity contribution is 5.80. The van der Waals surface area contributed by atoms with Crippen molar-refractivity contribution in [1.29, 1.82) is 0 Å². The molecule has 108 valence electrons. The molecule has 0 saturated carbocycles. The summed E-state index contributed by atoms with van der Waals surface area (Å²) in [7, 11) is 1.44. The van der Waals surface area contributed by atoms with Crippen LogP contribution in [0.5, 0.6) is 0 Å². The van der Waals surface area contributed by atoms with Crippen molar-refractivity contribution in [1.82, 2.24) is 15.1 Å². The van der Waals surface area contributed by atoms with Crippen molar-refractivity contribution in [3.8, 4) is 0 Å². The fourth-order valence-electron chi connectivity index (χ4n) is 2.07. The van der Waals surface area contributed by atoms with Crippen LogP contribution in [0.4, 0.5) is 0 Å². The Bertz CT molecular complexity index is 403. The second kappa shape index (κ2) is 7.28. The molecule has 1 unspecified atom stereocenters. The van der Waals surface area contributed by atoms with Gasteiger partial charge in [-0.1, -0.05) is 6.92 Å². The van der Waals surface area contributed by atoms with Gasteiger partial charge in [-0.05, 0) is 45.7 Å². The summed E-state index contributed by atoms with van der Waals surface area (Å²) in [6, 6.07) is 1.98.